The summed E-state index contributed by atoms with van der Waals surface area (Å²) in [6, 6.07) is 5.39. The van der Waals surface area contributed by atoms with Gasteiger partial charge in [0, 0.05) is 25.1 Å². The number of thiazole rings is 1. The van der Waals surface area contributed by atoms with E-state index in [2.05, 4.69) is 15.5 Å². The van der Waals surface area contributed by atoms with Gasteiger partial charge in [-0.15, -0.1) is 0 Å². The van der Waals surface area contributed by atoms with Gasteiger partial charge in [0.25, 0.3) is 5.91 Å². The van der Waals surface area contributed by atoms with Gasteiger partial charge < -0.3 is 9.57 Å². The van der Waals surface area contributed by atoms with Crippen LogP contribution >= 0.6 is 11.3 Å². The number of halogens is 1. The molecule has 0 bridgehead atoms. The van der Waals surface area contributed by atoms with Gasteiger partial charge in [0.05, 0.1) is 35.8 Å². The Morgan fingerprint density at radius 1 is 1.26 bits per heavy atom. The zero-order valence-corrected chi connectivity index (χ0v) is 20.2. The molecule has 15 heteroatoms. The highest BCUT2D eigenvalue weighted by atomic mass is 32.2. The number of aromatic nitrogens is 1. The largest absolute Gasteiger partial charge is 0.389 e. The van der Waals surface area contributed by atoms with Crippen molar-refractivity contribution in [1.29, 1.82) is 0 Å². The van der Waals surface area contributed by atoms with Crippen molar-refractivity contribution in [3.8, 4) is 0 Å². The van der Waals surface area contributed by atoms with E-state index in [1.165, 1.54) is 24.3 Å². The Balaban J connectivity index is 1.56. The number of sulfonamides is 1. The van der Waals surface area contributed by atoms with E-state index >= 15 is 0 Å². The first-order valence-corrected chi connectivity index (χ1v) is 14.3. The Hall–Kier alpha value is -2.46. The Bertz CT molecular complexity index is 1270. The van der Waals surface area contributed by atoms with Crippen molar-refractivity contribution < 1.29 is 35.6 Å². The maximum absolute atomic E-state index is 13.2. The summed E-state index contributed by atoms with van der Waals surface area (Å²) < 4.78 is 68.6. The second-order valence-corrected chi connectivity index (χ2v) is 12.8. The molecular weight excluding hydrogens is 511 g/mol. The lowest BCUT2D eigenvalue weighted by Crippen LogP contribution is -2.43. The Labute approximate surface area is 199 Å². The minimum Gasteiger partial charge on any atom is -0.389 e. The average Bonchev–Trinajstić information content (AvgIpc) is 3.46. The number of ether oxygens (including phenoxy) is 1. The summed E-state index contributed by atoms with van der Waals surface area (Å²) in [5, 5.41) is 5.85. The number of hydrogen-bond donors (Lipinski definition) is 1. The fraction of sp³-hybridized carbons (Fsp3) is 0.421. The van der Waals surface area contributed by atoms with Gasteiger partial charge in [0.1, 0.15) is 0 Å². The van der Waals surface area contributed by atoms with E-state index in [4.69, 9.17) is 9.57 Å². The standard InChI is InChI=1S/C19H21FN4O7S3/c20-16-11-21-19(32-16)22-18(25)17(23-31-14-5-8-30-12-14)13-1-3-15(4-2-13)34(28,29)24-6-9-33(26,27)10-7-24/h1-4,11,14H,5-10,12H2,(H,21,22,25)/b23-17+/t14-/m1/s1. The van der Waals surface area contributed by atoms with Crippen LogP contribution in [0.4, 0.5) is 9.52 Å². The topological polar surface area (TPSA) is 144 Å². The number of nitrogens with one attached hydrogen (secondary N) is 1. The van der Waals surface area contributed by atoms with Crippen LogP contribution in [0, 0.1) is 5.13 Å². The lowest BCUT2D eigenvalue weighted by atomic mass is 10.1. The maximum atomic E-state index is 13.2. The van der Waals surface area contributed by atoms with E-state index in [-0.39, 0.29) is 52.0 Å². The van der Waals surface area contributed by atoms with Crippen LogP contribution < -0.4 is 5.32 Å². The first-order chi connectivity index (χ1) is 16.1. The summed E-state index contributed by atoms with van der Waals surface area (Å²) >= 11 is 0.640. The average molecular weight is 533 g/mol. The molecule has 1 atom stereocenters. The molecule has 0 radical (unpaired) electrons. The van der Waals surface area contributed by atoms with Crippen LogP contribution in [0.2, 0.25) is 0 Å². The monoisotopic (exact) mass is 532 g/mol. The van der Waals surface area contributed by atoms with Gasteiger partial charge in [-0.2, -0.15) is 8.70 Å². The van der Waals surface area contributed by atoms with Gasteiger partial charge in [-0.3, -0.25) is 10.1 Å². The lowest BCUT2D eigenvalue weighted by Gasteiger charge is -2.26. The van der Waals surface area contributed by atoms with Crippen molar-refractivity contribution in [1.82, 2.24) is 9.29 Å². The second-order valence-electron chi connectivity index (χ2n) is 7.53. The molecule has 2 fully saturated rings. The fourth-order valence-electron chi connectivity index (χ4n) is 3.29. The van der Waals surface area contributed by atoms with E-state index in [1.54, 1.807) is 0 Å². The quantitative estimate of drug-likeness (QED) is 0.408. The van der Waals surface area contributed by atoms with Crippen molar-refractivity contribution in [2.24, 2.45) is 5.16 Å². The molecule has 3 heterocycles. The molecule has 2 aliphatic heterocycles. The van der Waals surface area contributed by atoms with Crippen molar-refractivity contribution in [2.45, 2.75) is 17.4 Å². The number of anilines is 1. The van der Waals surface area contributed by atoms with Crippen LogP contribution in [0.1, 0.15) is 12.0 Å². The summed E-state index contributed by atoms with van der Waals surface area (Å²) in [5.74, 6) is -1.19. The summed E-state index contributed by atoms with van der Waals surface area (Å²) in [6.07, 6.45) is 1.23. The van der Waals surface area contributed by atoms with Gasteiger partial charge in [-0.05, 0) is 12.1 Å². The zero-order valence-electron chi connectivity index (χ0n) is 17.7. The molecule has 2 aromatic rings. The van der Waals surface area contributed by atoms with E-state index in [0.29, 0.717) is 31.0 Å². The molecular formula is C19H21FN4O7S3. The van der Waals surface area contributed by atoms with Gasteiger partial charge in [0.15, 0.2) is 31.9 Å². The molecule has 1 N–H and O–H groups in total. The third kappa shape index (κ3) is 5.78. The predicted molar refractivity (Wildman–Crippen MR) is 121 cm³/mol. The Kier molecular flexibility index (Phi) is 7.28. The molecule has 0 unspecified atom stereocenters. The number of hydrogen-bond acceptors (Lipinski definition) is 10. The fourth-order valence-corrected chi connectivity index (χ4v) is 6.70. The molecule has 0 saturated carbocycles. The minimum absolute atomic E-state index is 0.0265. The number of benzene rings is 1. The van der Waals surface area contributed by atoms with Crippen LogP contribution in [0.5, 0.6) is 0 Å². The smallest absolute Gasteiger partial charge is 0.280 e. The third-order valence-corrected chi connectivity index (χ3v) is 9.39. The molecule has 11 nitrogen and oxygen atoms in total. The van der Waals surface area contributed by atoms with Gasteiger partial charge in [-0.1, -0.05) is 28.6 Å². The number of nitrogens with zero attached hydrogens (tertiary/aromatic N) is 3. The number of carbonyl (C=O) groups excluding carboxylic acids is 1. The number of oxime groups is 1. The zero-order chi connectivity index (χ0) is 24.3. The van der Waals surface area contributed by atoms with Crippen LogP contribution in [0.15, 0.2) is 40.5 Å². The highest BCUT2D eigenvalue weighted by molar-refractivity contribution is 7.92. The van der Waals surface area contributed by atoms with Crippen LogP contribution in [0.3, 0.4) is 0 Å². The first-order valence-electron chi connectivity index (χ1n) is 10.2. The van der Waals surface area contributed by atoms with Crippen molar-refractivity contribution >= 4 is 47.9 Å². The number of amides is 1. The van der Waals surface area contributed by atoms with Crippen molar-refractivity contribution in [3.05, 3.63) is 41.2 Å². The molecule has 2 aliphatic rings. The number of rotatable bonds is 7. The highest BCUT2D eigenvalue weighted by Gasteiger charge is 2.31. The summed E-state index contributed by atoms with van der Waals surface area (Å²) in [4.78, 5) is 21.9. The summed E-state index contributed by atoms with van der Waals surface area (Å²) in [6.45, 7) is 0.579. The van der Waals surface area contributed by atoms with E-state index < -0.39 is 30.9 Å². The predicted octanol–water partition coefficient (Wildman–Crippen LogP) is 0.850. The SMILES string of the molecule is O=C(Nc1ncc(F)s1)/C(=N/O[C@@H]1CCOC1)c1ccc(S(=O)(=O)N2CCS(=O)(=O)CC2)cc1. The molecule has 1 aromatic heterocycles. The summed E-state index contributed by atoms with van der Waals surface area (Å²) in [5.41, 5.74) is 0.101. The molecule has 0 aliphatic carbocycles. The maximum Gasteiger partial charge on any atom is 0.280 e. The molecule has 1 amide bonds. The van der Waals surface area contributed by atoms with Crippen molar-refractivity contribution in [2.75, 3.05) is 43.1 Å². The third-order valence-electron chi connectivity index (χ3n) is 5.16. The van der Waals surface area contributed by atoms with E-state index in [1.807, 2.05) is 0 Å². The van der Waals surface area contributed by atoms with E-state index in [9.17, 15) is 26.0 Å². The molecule has 1 aromatic carbocycles. The second kappa shape index (κ2) is 10.0. The molecule has 34 heavy (non-hydrogen) atoms. The summed E-state index contributed by atoms with van der Waals surface area (Å²) in [7, 11) is -7.16. The molecule has 0 spiro atoms. The molecule has 2 saturated heterocycles. The van der Waals surface area contributed by atoms with Gasteiger partial charge in [0.2, 0.25) is 10.0 Å². The van der Waals surface area contributed by atoms with Crippen LogP contribution in [-0.4, -0.2) is 81.7 Å². The first kappa shape index (κ1) is 24.7. The van der Waals surface area contributed by atoms with E-state index in [0.717, 1.165) is 10.5 Å². The number of sulfone groups is 1. The molecule has 184 valence electrons. The van der Waals surface area contributed by atoms with Crippen LogP contribution in [0.25, 0.3) is 0 Å². The Morgan fingerprint density at radius 3 is 2.56 bits per heavy atom. The van der Waals surface area contributed by atoms with Crippen molar-refractivity contribution in [3.63, 3.8) is 0 Å². The minimum atomic E-state index is -3.92. The van der Waals surface area contributed by atoms with Gasteiger partial charge >= 0.3 is 0 Å². The van der Waals surface area contributed by atoms with Crippen LogP contribution in [-0.2, 0) is 34.2 Å². The highest BCUT2D eigenvalue weighted by Crippen LogP contribution is 2.21. The van der Waals surface area contributed by atoms with Gasteiger partial charge in [-0.25, -0.2) is 21.8 Å². The Morgan fingerprint density at radius 2 is 1.97 bits per heavy atom. The lowest BCUT2D eigenvalue weighted by molar-refractivity contribution is -0.110. The normalized spacial score (nSPS) is 21.3. The molecule has 4 rings (SSSR count). The number of carbonyl (C=O) groups is 1.